The highest BCUT2D eigenvalue weighted by molar-refractivity contribution is 7.98. The normalized spacial score (nSPS) is 14.4. The van der Waals surface area contributed by atoms with Gasteiger partial charge < -0.3 is 26.6 Å². The summed E-state index contributed by atoms with van der Waals surface area (Å²) in [6.45, 7) is 3.54. The Labute approximate surface area is 151 Å². The highest BCUT2D eigenvalue weighted by atomic mass is 32.2. The third kappa shape index (κ3) is 9.30. The summed E-state index contributed by atoms with van der Waals surface area (Å²) in [5.41, 5.74) is 5.76. The number of carboxylic acids is 2. The molecule has 0 aromatic rings. The number of carbonyl (C=O) groups is 4. The maximum absolute atomic E-state index is 12.3. The van der Waals surface area contributed by atoms with Crippen LogP contribution in [0.5, 0.6) is 0 Å². The molecule has 0 saturated heterocycles. The van der Waals surface area contributed by atoms with Gasteiger partial charge in [-0.3, -0.25) is 14.4 Å². The number of amides is 2. The highest BCUT2D eigenvalue weighted by Crippen LogP contribution is 2.06. The summed E-state index contributed by atoms with van der Waals surface area (Å²) in [7, 11) is 0. The van der Waals surface area contributed by atoms with Crippen LogP contribution in [0.25, 0.3) is 0 Å². The highest BCUT2D eigenvalue weighted by Gasteiger charge is 2.28. The second kappa shape index (κ2) is 11.7. The Balaban J connectivity index is 4.98. The van der Waals surface area contributed by atoms with Crippen molar-refractivity contribution in [3.05, 3.63) is 0 Å². The standard InChI is InChI=1S/C15H27N3O6S/c1-8(2)12(16)14(22)17-9(6-7-25-3)13(21)18-10(15(23)24)4-5-11(19)20/h8-10,12H,4-7,16H2,1-3H3,(H,17,22)(H,18,21)(H,19,20)(H,23,24)/t9-,10-,12-/m0/s1. The Bertz CT molecular complexity index is 486. The zero-order valence-electron chi connectivity index (χ0n) is 14.7. The van der Waals surface area contributed by atoms with E-state index in [1.165, 1.54) is 11.8 Å². The van der Waals surface area contributed by atoms with E-state index < -0.39 is 48.3 Å². The minimum atomic E-state index is -1.34. The van der Waals surface area contributed by atoms with E-state index in [0.717, 1.165) is 0 Å². The molecule has 0 aromatic heterocycles. The molecule has 0 aromatic carbocycles. The summed E-state index contributed by atoms with van der Waals surface area (Å²) >= 11 is 1.47. The molecule has 3 atom stereocenters. The number of hydrogen-bond acceptors (Lipinski definition) is 6. The van der Waals surface area contributed by atoms with Crippen molar-refractivity contribution in [1.29, 1.82) is 0 Å². The Morgan fingerprint density at radius 1 is 1.00 bits per heavy atom. The molecule has 0 rings (SSSR count). The van der Waals surface area contributed by atoms with Crippen LogP contribution in [-0.2, 0) is 19.2 Å². The van der Waals surface area contributed by atoms with Crippen molar-refractivity contribution in [2.24, 2.45) is 11.7 Å². The smallest absolute Gasteiger partial charge is 0.326 e. The Morgan fingerprint density at radius 3 is 2.00 bits per heavy atom. The van der Waals surface area contributed by atoms with Crippen molar-refractivity contribution in [1.82, 2.24) is 10.6 Å². The van der Waals surface area contributed by atoms with Crippen LogP contribution in [0.4, 0.5) is 0 Å². The van der Waals surface area contributed by atoms with Gasteiger partial charge in [-0.1, -0.05) is 13.8 Å². The first-order chi connectivity index (χ1) is 11.6. The molecular formula is C15H27N3O6S. The number of nitrogens with one attached hydrogen (secondary N) is 2. The van der Waals surface area contributed by atoms with Crippen LogP contribution >= 0.6 is 11.8 Å². The maximum Gasteiger partial charge on any atom is 0.326 e. The first-order valence-electron chi connectivity index (χ1n) is 7.90. The predicted octanol–water partition coefficient (Wildman–Crippen LogP) is -0.358. The molecule has 9 nitrogen and oxygen atoms in total. The largest absolute Gasteiger partial charge is 0.481 e. The fourth-order valence-electron chi connectivity index (χ4n) is 1.87. The lowest BCUT2D eigenvalue weighted by Gasteiger charge is -2.23. The third-order valence-electron chi connectivity index (χ3n) is 3.53. The van der Waals surface area contributed by atoms with E-state index in [4.69, 9.17) is 15.9 Å². The van der Waals surface area contributed by atoms with E-state index in [0.29, 0.717) is 12.2 Å². The van der Waals surface area contributed by atoms with E-state index in [1.54, 1.807) is 13.8 Å². The van der Waals surface area contributed by atoms with Crippen molar-refractivity contribution < 1.29 is 29.4 Å². The van der Waals surface area contributed by atoms with Gasteiger partial charge in [0.25, 0.3) is 0 Å². The van der Waals surface area contributed by atoms with Gasteiger partial charge in [-0.15, -0.1) is 0 Å². The van der Waals surface area contributed by atoms with Crippen molar-refractivity contribution in [2.75, 3.05) is 12.0 Å². The maximum atomic E-state index is 12.3. The number of carboxylic acid groups (broad SMARTS) is 2. The summed E-state index contributed by atoms with van der Waals surface area (Å²) in [4.78, 5) is 46.2. The van der Waals surface area contributed by atoms with E-state index in [1.807, 2.05) is 6.26 Å². The van der Waals surface area contributed by atoms with Crippen LogP contribution in [0.2, 0.25) is 0 Å². The second-order valence-corrected chi connectivity index (χ2v) is 6.93. The molecule has 0 aliphatic carbocycles. The Kier molecular flexibility index (Phi) is 10.8. The Morgan fingerprint density at radius 2 is 1.56 bits per heavy atom. The molecule has 144 valence electrons. The Hall–Kier alpha value is -1.81. The van der Waals surface area contributed by atoms with Gasteiger partial charge in [0, 0.05) is 6.42 Å². The molecule has 0 aliphatic heterocycles. The molecule has 0 saturated carbocycles. The molecular weight excluding hydrogens is 350 g/mol. The van der Waals surface area contributed by atoms with Crippen LogP contribution in [0, 0.1) is 5.92 Å². The number of aliphatic carboxylic acids is 2. The second-order valence-electron chi connectivity index (χ2n) is 5.94. The zero-order chi connectivity index (χ0) is 19.6. The first kappa shape index (κ1) is 23.2. The molecule has 0 spiro atoms. The van der Waals surface area contributed by atoms with E-state index >= 15 is 0 Å². The van der Waals surface area contributed by atoms with Crippen LogP contribution in [0.1, 0.15) is 33.1 Å². The van der Waals surface area contributed by atoms with Crippen molar-refractivity contribution in [3.63, 3.8) is 0 Å². The average Bonchev–Trinajstić information content (AvgIpc) is 2.53. The molecule has 2 amide bonds. The molecule has 0 heterocycles. The van der Waals surface area contributed by atoms with Crippen molar-refractivity contribution >= 4 is 35.5 Å². The van der Waals surface area contributed by atoms with Crippen LogP contribution < -0.4 is 16.4 Å². The molecule has 0 radical (unpaired) electrons. The lowest BCUT2D eigenvalue weighted by atomic mass is 10.0. The quantitative estimate of drug-likeness (QED) is 0.308. The number of thioether (sulfide) groups is 1. The molecule has 0 bridgehead atoms. The van der Waals surface area contributed by atoms with E-state index in [9.17, 15) is 19.2 Å². The van der Waals surface area contributed by atoms with Crippen molar-refractivity contribution in [3.8, 4) is 0 Å². The van der Waals surface area contributed by atoms with E-state index in [2.05, 4.69) is 10.6 Å². The molecule has 25 heavy (non-hydrogen) atoms. The summed E-state index contributed by atoms with van der Waals surface area (Å²) in [6, 6.07) is -3.06. The summed E-state index contributed by atoms with van der Waals surface area (Å²) in [5.74, 6) is -3.20. The minimum absolute atomic E-state index is 0.119. The summed E-state index contributed by atoms with van der Waals surface area (Å²) in [5, 5.41) is 22.6. The van der Waals surface area contributed by atoms with Crippen molar-refractivity contribution in [2.45, 2.75) is 51.2 Å². The SMILES string of the molecule is CSCC[C@H](NC(=O)[C@@H](N)C(C)C)C(=O)N[C@@H](CCC(=O)O)C(=O)O. The molecule has 0 fully saturated rings. The average molecular weight is 377 g/mol. The van der Waals surface area contributed by atoms with Crippen LogP contribution in [-0.4, -0.2) is 64.1 Å². The number of nitrogens with two attached hydrogens (primary N) is 1. The number of rotatable bonds is 12. The van der Waals surface area contributed by atoms with E-state index in [-0.39, 0.29) is 12.3 Å². The molecule has 0 unspecified atom stereocenters. The van der Waals surface area contributed by atoms with Gasteiger partial charge in [-0.2, -0.15) is 11.8 Å². The molecule has 6 N–H and O–H groups in total. The van der Waals surface area contributed by atoms with Gasteiger partial charge in [-0.25, -0.2) is 4.79 Å². The van der Waals surface area contributed by atoms with Gasteiger partial charge >= 0.3 is 11.9 Å². The van der Waals surface area contributed by atoms with Gasteiger partial charge in [0.15, 0.2) is 0 Å². The predicted molar refractivity (Wildman–Crippen MR) is 94.2 cm³/mol. The molecule has 10 heteroatoms. The third-order valence-corrected chi connectivity index (χ3v) is 4.17. The summed E-state index contributed by atoms with van der Waals surface area (Å²) < 4.78 is 0. The van der Waals surface area contributed by atoms with Gasteiger partial charge in [0.2, 0.25) is 11.8 Å². The van der Waals surface area contributed by atoms with Gasteiger partial charge in [0.1, 0.15) is 12.1 Å². The fourth-order valence-corrected chi connectivity index (χ4v) is 2.34. The minimum Gasteiger partial charge on any atom is -0.481 e. The number of hydrogen-bond donors (Lipinski definition) is 5. The summed E-state index contributed by atoms with van der Waals surface area (Å²) in [6.07, 6.45) is 1.50. The lowest BCUT2D eigenvalue weighted by molar-refractivity contribution is -0.143. The van der Waals surface area contributed by atoms with Crippen LogP contribution in [0.15, 0.2) is 0 Å². The number of carbonyl (C=O) groups excluding carboxylic acids is 2. The molecule has 0 aliphatic rings. The van der Waals surface area contributed by atoms with Crippen LogP contribution in [0.3, 0.4) is 0 Å². The van der Waals surface area contributed by atoms with Gasteiger partial charge in [-0.05, 0) is 30.8 Å². The first-order valence-corrected chi connectivity index (χ1v) is 9.29. The fraction of sp³-hybridized carbons (Fsp3) is 0.733. The lowest BCUT2D eigenvalue weighted by Crippen LogP contribution is -2.55. The zero-order valence-corrected chi connectivity index (χ0v) is 15.5. The topological polar surface area (TPSA) is 159 Å². The monoisotopic (exact) mass is 377 g/mol. The van der Waals surface area contributed by atoms with Gasteiger partial charge in [0.05, 0.1) is 6.04 Å².